The molecule has 0 aromatic rings. The maximum Gasteiger partial charge on any atom is 0.239 e. The highest BCUT2D eigenvalue weighted by molar-refractivity contribution is 5.85. The van der Waals surface area contributed by atoms with Gasteiger partial charge in [-0.2, -0.15) is 0 Å². The fraction of sp³-hybridized carbons (Fsp3) is 0.900. The number of hydrogen-bond donors (Lipinski definition) is 2. The van der Waals surface area contributed by atoms with Crippen molar-refractivity contribution in [3.8, 4) is 0 Å². The molecule has 0 aliphatic rings. The van der Waals surface area contributed by atoms with Crippen molar-refractivity contribution >= 4 is 5.91 Å². The summed E-state index contributed by atoms with van der Waals surface area (Å²) in [5, 5.41) is 2.85. The van der Waals surface area contributed by atoms with Gasteiger partial charge in [-0.05, 0) is 34.4 Å². The molecule has 0 aliphatic carbocycles. The van der Waals surface area contributed by atoms with Crippen molar-refractivity contribution in [1.82, 2.24) is 10.2 Å². The Morgan fingerprint density at radius 1 is 1.57 bits per heavy atom. The summed E-state index contributed by atoms with van der Waals surface area (Å²) in [6.45, 7) is 6.36. The molecule has 0 aromatic carbocycles. The number of nitrogens with two attached hydrogens (primary N) is 1. The summed E-state index contributed by atoms with van der Waals surface area (Å²) in [4.78, 5) is 13.6. The molecule has 0 heterocycles. The average molecular weight is 201 g/mol. The van der Waals surface area contributed by atoms with Crippen LogP contribution in [0.5, 0.6) is 0 Å². The largest absolute Gasteiger partial charge is 0.353 e. The van der Waals surface area contributed by atoms with E-state index < -0.39 is 5.54 Å². The van der Waals surface area contributed by atoms with Crippen molar-refractivity contribution in [3.63, 3.8) is 0 Å². The number of nitrogens with zero attached hydrogens (tertiary/aromatic N) is 1. The first-order valence-corrected chi connectivity index (χ1v) is 5.05. The van der Waals surface area contributed by atoms with Gasteiger partial charge in [-0.3, -0.25) is 4.79 Å². The van der Waals surface area contributed by atoms with Gasteiger partial charge < -0.3 is 16.0 Å². The van der Waals surface area contributed by atoms with Gasteiger partial charge in [-0.1, -0.05) is 6.92 Å². The molecular weight excluding hydrogens is 178 g/mol. The van der Waals surface area contributed by atoms with Gasteiger partial charge in [0.1, 0.15) is 0 Å². The lowest BCUT2D eigenvalue weighted by Crippen LogP contribution is -2.53. The zero-order valence-corrected chi connectivity index (χ0v) is 9.92. The predicted octanol–water partition coefficient (Wildman–Crippen LogP) is 0.180. The number of rotatable bonds is 5. The fourth-order valence-corrected chi connectivity index (χ4v) is 0.785. The Balaban J connectivity index is 3.97. The molecule has 0 rings (SSSR count). The van der Waals surface area contributed by atoms with Crippen molar-refractivity contribution in [3.05, 3.63) is 0 Å². The zero-order chi connectivity index (χ0) is 11.4. The van der Waals surface area contributed by atoms with E-state index in [0.717, 1.165) is 0 Å². The van der Waals surface area contributed by atoms with E-state index in [4.69, 9.17) is 5.73 Å². The number of carbonyl (C=O) groups excluding carboxylic acids is 1. The van der Waals surface area contributed by atoms with Gasteiger partial charge in [-0.15, -0.1) is 0 Å². The quantitative estimate of drug-likeness (QED) is 0.667. The standard InChI is InChI=1S/C10H23N3O/c1-6-10(3,11)9(14)12-7-8(2)13(4)5/h8H,6-7,11H2,1-5H3,(H,12,14). The Hall–Kier alpha value is -0.610. The molecule has 2 atom stereocenters. The van der Waals surface area contributed by atoms with Gasteiger partial charge in [0.15, 0.2) is 0 Å². The molecule has 84 valence electrons. The Kier molecular flexibility index (Phi) is 5.08. The summed E-state index contributed by atoms with van der Waals surface area (Å²) in [6.07, 6.45) is 0.648. The summed E-state index contributed by atoms with van der Waals surface area (Å²) < 4.78 is 0. The molecule has 0 saturated carbocycles. The van der Waals surface area contributed by atoms with Gasteiger partial charge in [0, 0.05) is 12.6 Å². The summed E-state index contributed by atoms with van der Waals surface area (Å²) in [5.74, 6) is -0.0753. The summed E-state index contributed by atoms with van der Waals surface area (Å²) >= 11 is 0. The molecule has 0 spiro atoms. The molecule has 4 heteroatoms. The van der Waals surface area contributed by atoms with E-state index in [9.17, 15) is 4.79 Å². The van der Waals surface area contributed by atoms with E-state index in [1.807, 2.05) is 21.0 Å². The van der Waals surface area contributed by atoms with Crippen LogP contribution in [0.4, 0.5) is 0 Å². The van der Waals surface area contributed by atoms with Crippen LogP contribution in [0.15, 0.2) is 0 Å². The van der Waals surface area contributed by atoms with Crippen LogP contribution in [0.2, 0.25) is 0 Å². The van der Waals surface area contributed by atoms with Crippen LogP contribution < -0.4 is 11.1 Å². The van der Waals surface area contributed by atoms with Crippen LogP contribution >= 0.6 is 0 Å². The first-order valence-electron chi connectivity index (χ1n) is 5.05. The van der Waals surface area contributed by atoms with E-state index in [0.29, 0.717) is 19.0 Å². The zero-order valence-electron chi connectivity index (χ0n) is 9.92. The Morgan fingerprint density at radius 2 is 2.07 bits per heavy atom. The van der Waals surface area contributed by atoms with E-state index in [1.54, 1.807) is 6.92 Å². The van der Waals surface area contributed by atoms with Crippen molar-refractivity contribution in [2.45, 2.75) is 38.8 Å². The van der Waals surface area contributed by atoms with Crippen LogP contribution in [-0.2, 0) is 4.79 Å². The molecule has 1 amide bonds. The molecule has 0 saturated heterocycles. The van der Waals surface area contributed by atoms with Crippen LogP contribution in [0.1, 0.15) is 27.2 Å². The second-order valence-corrected chi connectivity index (χ2v) is 4.29. The normalized spacial score (nSPS) is 17.6. The minimum atomic E-state index is -0.744. The second-order valence-electron chi connectivity index (χ2n) is 4.29. The summed E-state index contributed by atoms with van der Waals surface area (Å²) in [7, 11) is 3.97. The molecule has 2 unspecified atom stereocenters. The fourth-order valence-electron chi connectivity index (χ4n) is 0.785. The SMILES string of the molecule is CCC(C)(N)C(=O)NCC(C)N(C)C. The smallest absolute Gasteiger partial charge is 0.239 e. The van der Waals surface area contributed by atoms with E-state index in [1.165, 1.54) is 0 Å². The van der Waals surface area contributed by atoms with Crippen molar-refractivity contribution < 1.29 is 4.79 Å². The van der Waals surface area contributed by atoms with Crippen molar-refractivity contribution in [1.29, 1.82) is 0 Å². The Labute approximate surface area is 86.8 Å². The van der Waals surface area contributed by atoms with Crippen LogP contribution in [0.25, 0.3) is 0 Å². The molecule has 0 aromatic heterocycles. The monoisotopic (exact) mass is 201 g/mol. The maximum atomic E-state index is 11.6. The van der Waals surface area contributed by atoms with Crippen molar-refractivity contribution in [2.24, 2.45) is 5.73 Å². The minimum Gasteiger partial charge on any atom is -0.353 e. The first kappa shape index (κ1) is 13.4. The highest BCUT2D eigenvalue weighted by Crippen LogP contribution is 2.04. The average Bonchev–Trinajstić information content (AvgIpc) is 2.13. The van der Waals surface area contributed by atoms with Crippen molar-refractivity contribution in [2.75, 3.05) is 20.6 Å². The van der Waals surface area contributed by atoms with Crippen LogP contribution in [-0.4, -0.2) is 43.0 Å². The molecule has 14 heavy (non-hydrogen) atoms. The third-order valence-electron chi connectivity index (χ3n) is 2.69. The number of likely N-dealkylation sites (N-methyl/N-ethyl adjacent to an activating group) is 1. The molecule has 0 fully saturated rings. The van der Waals surface area contributed by atoms with Gasteiger partial charge in [0.05, 0.1) is 5.54 Å². The predicted molar refractivity (Wildman–Crippen MR) is 59.0 cm³/mol. The lowest BCUT2D eigenvalue weighted by molar-refractivity contribution is -0.126. The van der Waals surface area contributed by atoms with E-state index in [2.05, 4.69) is 17.1 Å². The van der Waals surface area contributed by atoms with Gasteiger partial charge in [0.2, 0.25) is 5.91 Å². The Morgan fingerprint density at radius 3 is 2.43 bits per heavy atom. The topological polar surface area (TPSA) is 58.4 Å². The van der Waals surface area contributed by atoms with Gasteiger partial charge in [-0.25, -0.2) is 0 Å². The summed E-state index contributed by atoms with van der Waals surface area (Å²) in [5.41, 5.74) is 5.05. The molecule has 0 bridgehead atoms. The molecule has 4 nitrogen and oxygen atoms in total. The van der Waals surface area contributed by atoms with Gasteiger partial charge in [0.25, 0.3) is 0 Å². The number of hydrogen-bond acceptors (Lipinski definition) is 3. The molecule has 3 N–H and O–H groups in total. The lowest BCUT2D eigenvalue weighted by atomic mass is 9.99. The number of amides is 1. The molecular formula is C10H23N3O. The lowest BCUT2D eigenvalue weighted by Gasteiger charge is -2.25. The van der Waals surface area contributed by atoms with E-state index in [-0.39, 0.29) is 5.91 Å². The molecule has 0 radical (unpaired) electrons. The third-order valence-corrected chi connectivity index (χ3v) is 2.69. The van der Waals surface area contributed by atoms with E-state index >= 15 is 0 Å². The first-order chi connectivity index (χ1) is 6.31. The highest BCUT2D eigenvalue weighted by Gasteiger charge is 2.25. The number of carbonyl (C=O) groups is 1. The van der Waals surface area contributed by atoms with Crippen LogP contribution in [0, 0.1) is 0 Å². The van der Waals surface area contributed by atoms with Crippen LogP contribution in [0.3, 0.4) is 0 Å². The molecule has 0 aliphatic heterocycles. The Bertz CT molecular complexity index is 190. The minimum absolute atomic E-state index is 0.0753. The summed E-state index contributed by atoms with van der Waals surface area (Å²) in [6, 6.07) is 0.326. The van der Waals surface area contributed by atoms with Gasteiger partial charge >= 0.3 is 0 Å². The number of nitrogens with one attached hydrogen (secondary N) is 1. The third kappa shape index (κ3) is 4.07. The maximum absolute atomic E-state index is 11.6. The second kappa shape index (κ2) is 5.32. The highest BCUT2D eigenvalue weighted by atomic mass is 16.2.